The van der Waals surface area contributed by atoms with Gasteiger partial charge in [-0.3, -0.25) is 14.5 Å². The Labute approximate surface area is 136 Å². The number of benzene rings is 2. The lowest BCUT2D eigenvalue weighted by atomic mass is 10.2. The molecule has 0 aliphatic carbocycles. The molecule has 1 N–H and O–H groups in total. The first kappa shape index (κ1) is 15.9. The van der Waals surface area contributed by atoms with E-state index < -0.39 is 17.5 Å². The van der Waals surface area contributed by atoms with Crippen molar-refractivity contribution in [2.75, 3.05) is 23.4 Å². The fourth-order valence-corrected chi connectivity index (χ4v) is 2.41. The zero-order valence-corrected chi connectivity index (χ0v) is 12.6. The number of hydrogen-bond donors (Lipinski definition) is 1. The zero-order chi connectivity index (χ0) is 17.1. The lowest BCUT2D eigenvalue weighted by molar-refractivity contribution is -0.121. The Morgan fingerprint density at radius 1 is 1.17 bits per heavy atom. The average molecular weight is 332 g/mol. The van der Waals surface area contributed by atoms with Gasteiger partial charge in [-0.2, -0.15) is 0 Å². The first-order chi connectivity index (χ1) is 11.5. The molecule has 1 aliphatic rings. The minimum absolute atomic E-state index is 0.116. The molecule has 0 saturated heterocycles. The van der Waals surface area contributed by atoms with Gasteiger partial charge in [-0.05, 0) is 24.3 Å². The van der Waals surface area contributed by atoms with Crippen molar-refractivity contribution < 1.29 is 23.1 Å². The molecule has 5 nitrogen and oxygen atoms in total. The quantitative estimate of drug-likeness (QED) is 0.940. The van der Waals surface area contributed by atoms with E-state index in [0.717, 1.165) is 12.1 Å². The van der Waals surface area contributed by atoms with Gasteiger partial charge in [0.2, 0.25) is 11.8 Å². The van der Waals surface area contributed by atoms with Crippen LogP contribution in [0, 0.1) is 11.6 Å². The maximum Gasteiger partial charge on any atom is 0.244 e. The molecule has 0 atom stereocenters. The van der Waals surface area contributed by atoms with Gasteiger partial charge in [-0.1, -0.05) is 12.1 Å². The first-order valence-electron chi connectivity index (χ1n) is 7.31. The molecule has 0 spiro atoms. The molecule has 2 aromatic carbocycles. The van der Waals surface area contributed by atoms with Crippen LogP contribution in [-0.2, 0) is 9.59 Å². The fourth-order valence-electron chi connectivity index (χ4n) is 2.41. The summed E-state index contributed by atoms with van der Waals surface area (Å²) in [4.78, 5) is 25.7. The van der Waals surface area contributed by atoms with Crippen LogP contribution < -0.4 is 15.0 Å². The van der Waals surface area contributed by atoms with Gasteiger partial charge in [0.05, 0.1) is 18.7 Å². The molecule has 7 heteroatoms. The molecule has 1 aliphatic heterocycles. The molecule has 0 aromatic heterocycles. The number of para-hydroxylation sites is 2. The lowest BCUT2D eigenvalue weighted by Gasteiger charge is -2.21. The highest BCUT2D eigenvalue weighted by Gasteiger charge is 2.25. The minimum Gasteiger partial charge on any atom is -0.491 e. The molecule has 1 heterocycles. The Balaban J connectivity index is 1.77. The number of carbonyl (C=O) groups is 2. The Morgan fingerprint density at radius 3 is 2.75 bits per heavy atom. The third kappa shape index (κ3) is 3.34. The molecule has 2 amide bonds. The summed E-state index contributed by atoms with van der Waals surface area (Å²) >= 11 is 0. The van der Waals surface area contributed by atoms with Crippen molar-refractivity contribution in [3.63, 3.8) is 0 Å². The number of hydrogen-bond acceptors (Lipinski definition) is 3. The molecule has 0 unspecified atom stereocenters. The van der Waals surface area contributed by atoms with E-state index in [4.69, 9.17) is 4.74 Å². The van der Waals surface area contributed by atoms with E-state index in [0.29, 0.717) is 11.4 Å². The van der Waals surface area contributed by atoms with E-state index >= 15 is 0 Å². The third-order valence-corrected chi connectivity index (χ3v) is 3.54. The van der Waals surface area contributed by atoms with Crippen LogP contribution in [0.5, 0.6) is 5.75 Å². The Bertz CT molecular complexity index is 795. The highest BCUT2D eigenvalue weighted by Crippen LogP contribution is 2.30. The van der Waals surface area contributed by atoms with Crippen LogP contribution in [-0.4, -0.2) is 25.0 Å². The van der Waals surface area contributed by atoms with E-state index in [1.54, 1.807) is 24.3 Å². The first-order valence-corrected chi connectivity index (χ1v) is 7.31. The monoisotopic (exact) mass is 332 g/mol. The van der Waals surface area contributed by atoms with Crippen molar-refractivity contribution in [3.05, 3.63) is 54.1 Å². The van der Waals surface area contributed by atoms with Gasteiger partial charge >= 0.3 is 0 Å². The van der Waals surface area contributed by atoms with Gasteiger partial charge in [0, 0.05) is 11.8 Å². The predicted octanol–water partition coefficient (Wildman–Crippen LogP) is 2.72. The van der Waals surface area contributed by atoms with Crippen molar-refractivity contribution >= 4 is 23.2 Å². The number of nitrogens with zero attached hydrogens (tertiary/aromatic N) is 1. The molecule has 0 fully saturated rings. The van der Waals surface area contributed by atoms with Crippen LogP contribution in [0.25, 0.3) is 0 Å². The summed E-state index contributed by atoms with van der Waals surface area (Å²) in [6.45, 7) is -0.0185. The maximum absolute atomic E-state index is 13.2. The maximum atomic E-state index is 13.2. The SMILES string of the molecule is O=C(CN1C(=O)CCOc2ccccc21)Nc1ccc(F)c(F)c1. The molecular formula is C17H14F2N2O3. The Kier molecular flexibility index (Phi) is 4.41. The predicted molar refractivity (Wildman–Crippen MR) is 83.9 cm³/mol. The van der Waals surface area contributed by atoms with E-state index in [9.17, 15) is 18.4 Å². The standard InChI is InChI=1S/C17H14F2N2O3/c18-12-6-5-11(9-13(12)19)20-16(22)10-21-14-3-1-2-4-15(14)24-8-7-17(21)23/h1-6,9H,7-8,10H2,(H,20,22). The van der Waals surface area contributed by atoms with Crippen molar-refractivity contribution in [2.24, 2.45) is 0 Å². The van der Waals surface area contributed by atoms with Gasteiger partial charge in [0.15, 0.2) is 11.6 Å². The van der Waals surface area contributed by atoms with E-state index in [2.05, 4.69) is 5.32 Å². The number of halogens is 2. The second kappa shape index (κ2) is 6.66. The second-order valence-corrected chi connectivity index (χ2v) is 5.22. The molecule has 0 saturated carbocycles. The number of fused-ring (bicyclic) bond motifs is 1. The van der Waals surface area contributed by atoms with Crippen molar-refractivity contribution in [1.82, 2.24) is 0 Å². The van der Waals surface area contributed by atoms with Gasteiger partial charge < -0.3 is 10.1 Å². The molecular weight excluding hydrogens is 318 g/mol. The Hall–Kier alpha value is -2.96. The molecule has 24 heavy (non-hydrogen) atoms. The molecule has 2 aromatic rings. The van der Waals surface area contributed by atoms with Gasteiger partial charge in [-0.15, -0.1) is 0 Å². The van der Waals surface area contributed by atoms with Crippen LogP contribution >= 0.6 is 0 Å². The summed E-state index contributed by atoms with van der Waals surface area (Å²) in [5.74, 6) is -2.31. The van der Waals surface area contributed by atoms with Gasteiger partial charge in [-0.25, -0.2) is 8.78 Å². The summed E-state index contributed by atoms with van der Waals surface area (Å²) in [5.41, 5.74) is 0.617. The number of amides is 2. The van der Waals surface area contributed by atoms with Crippen LogP contribution in [0.2, 0.25) is 0 Å². The lowest BCUT2D eigenvalue weighted by Crippen LogP contribution is -2.37. The molecule has 124 valence electrons. The fraction of sp³-hybridized carbons (Fsp3) is 0.176. The summed E-state index contributed by atoms with van der Waals surface area (Å²) < 4.78 is 31.6. The number of anilines is 2. The highest BCUT2D eigenvalue weighted by atomic mass is 19.2. The van der Waals surface area contributed by atoms with Crippen molar-refractivity contribution in [1.29, 1.82) is 0 Å². The van der Waals surface area contributed by atoms with Crippen molar-refractivity contribution in [2.45, 2.75) is 6.42 Å². The number of ether oxygens (including phenoxy) is 1. The summed E-state index contributed by atoms with van der Waals surface area (Å²) in [6.07, 6.45) is 0.146. The van der Waals surface area contributed by atoms with E-state index in [1.807, 2.05) is 0 Å². The third-order valence-electron chi connectivity index (χ3n) is 3.54. The van der Waals surface area contributed by atoms with Crippen LogP contribution in [0.1, 0.15) is 6.42 Å². The van der Waals surface area contributed by atoms with Crippen LogP contribution in [0.15, 0.2) is 42.5 Å². The highest BCUT2D eigenvalue weighted by molar-refractivity contribution is 6.03. The largest absolute Gasteiger partial charge is 0.491 e. The summed E-state index contributed by atoms with van der Waals surface area (Å²) in [5, 5.41) is 2.45. The van der Waals surface area contributed by atoms with Crippen LogP contribution in [0.3, 0.4) is 0 Å². The van der Waals surface area contributed by atoms with Crippen molar-refractivity contribution in [3.8, 4) is 5.75 Å². The number of carbonyl (C=O) groups excluding carboxylic acids is 2. The molecule has 3 rings (SSSR count). The van der Waals surface area contributed by atoms with Gasteiger partial charge in [0.1, 0.15) is 12.3 Å². The summed E-state index contributed by atoms with van der Waals surface area (Å²) in [6, 6.07) is 9.96. The molecule has 0 bridgehead atoms. The Morgan fingerprint density at radius 2 is 1.96 bits per heavy atom. The minimum atomic E-state index is -1.06. The second-order valence-electron chi connectivity index (χ2n) is 5.22. The molecule has 0 radical (unpaired) electrons. The summed E-state index contributed by atoms with van der Waals surface area (Å²) in [7, 11) is 0. The van der Waals surface area contributed by atoms with Crippen LogP contribution in [0.4, 0.5) is 20.2 Å². The van der Waals surface area contributed by atoms with E-state index in [1.165, 1.54) is 11.0 Å². The smallest absolute Gasteiger partial charge is 0.244 e. The average Bonchev–Trinajstić information content (AvgIpc) is 2.71. The zero-order valence-electron chi connectivity index (χ0n) is 12.6. The normalized spacial score (nSPS) is 13.8. The number of rotatable bonds is 3. The van der Waals surface area contributed by atoms with E-state index in [-0.39, 0.29) is 31.2 Å². The van der Waals surface area contributed by atoms with Gasteiger partial charge in [0.25, 0.3) is 0 Å². The topological polar surface area (TPSA) is 58.6 Å². The number of nitrogens with one attached hydrogen (secondary N) is 1.